The van der Waals surface area contributed by atoms with Gasteiger partial charge in [-0.1, -0.05) is 32.0 Å². The molecule has 186 valence electrons. The molecule has 4 aliphatic carbocycles. The monoisotopic (exact) mass is 485 g/mol. The van der Waals surface area contributed by atoms with Crippen molar-refractivity contribution in [1.82, 2.24) is 4.90 Å². The number of benzene rings is 1. The Labute approximate surface area is 204 Å². The third-order valence-electron chi connectivity index (χ3n) is 11.0. The number of rotatable bonds is 4. The molecule has 0 aromatic heterocycles. The lowest BCUT2D eigenvalue weighted by atomic mass is 9.47. The number of likely N-dealkylation sites (tertiary alicyclic amines) is 1. The molecule has 5 nitrogen and oxygen atoms in total. The number of nitrogens with zero attached hydrogens (tertiary/aromatic N) is 1. The van der Waals surface area contributed by atoms with Crippen LogP contribution in [0.25, 0.3) is 0 Å². The summed E-state index contributed by atoms with van der Waals surface area (Å²) in [6.45, 7) is 4.67. The van der Waals surface area contributed by atoms with Gasteiger partial charge in [0, 0.05) is 24.9 Å². The first-order valence-corrected chi connectivity index (χ1v) is 14.9. The van der Waals surface area contributed by atoms with E-state index in [9.17, 15) is 13.2 Å². The normalized spacial score (nSPS) is 44.3. The van der Waals surface area contributed by atoms with Crippen molar-refractivity contribution in [3.63, 3.8) is 0 Å². The molecule has 4 saturated carbocycles. The second-order valence-corrected chi connectivity index (χ2v) is 14.5. The summed E-state index contributed by atoms with van der Waals surface area (Å²) < 4.78 is 35.4. The van der Waals surface area contributed by atoms with Crippen LogP contribution in [-0.2, 0) is 19.4 Å². The second-order valence-electron chi connectivity index (χ2n) is 12.4. The lowest BCUT2D eigenvalue weighted by molar-refractivity contribution is -0.166. The molecule has 7 atom stereocenters. The minimum absolute atomic E-state index is 0.0815. The quantitative estimate of drug-likeness (QED) is 0.588. The Morgan fingerprint density at radius 1 is 0.912 bits per heavy atom. The number of fused-ring (bicyclic) bond motifs is 5. The maximum absolute atomic E-state index is 14.3. The van der Waals surface area contributed by atoms with Gasteiger partial charge in [-0.25, -0.2) is 8.42 Å². The largest absolute Gasteiger partial charge is 0.355 e. The van der Waals surface area contributed by atoms with Crippen molar-refractivity contribution >= 4 is 15.7 Å². The molecule has 5 aliphatic rings. The van der Waals surface area contributed by atoms with E-state index >= 15 is 0 Å². The van der Waals surface area contributed by atoms with Crippen LogP contribution >= 0.6 is 0 Å². The molecular formula is C28H39NO4S. The minimum Gasteiger partial charge on any atom is -0.355 e. The summed E-state index contributed by atoms with van der Waals surface area (Å²) >= 11 is 0. The maximum atomic E-state index is 14.3. The number of piperidine rings is 1. The molecule has 1 saturated heterocycles. The van der Waals surface area contributed by atoms with Crippen molar-refractivity contribution in [2.75, 3.05) is 7.05 Å². The topological polar surface area (TPSA) is 63.7 Å². The highest BCUT2D eigenvalue weighted by Gasteiger charge is 2.71. The highest BCUT2D eigenvalue weighted by Crippen LogP contribution is 2.70. The molecule has 0 radical (unpaired) electrons. The number of carbonyl (C=O) groups excluding carboxylic acids is 1. The van der Waals surface area contributed by atoms with Crippen LogP contribution in [0.2, 0.25) is 0 Å². The highest BCUT2D eigenvalue weighted by atomic mass is 32.2. The van der Waals surface area contributed by atoms with E-state index in [0.717, 1.165) is 51.4 Å². The Bertz CT molecular complexity index is 1080. The number of ether oxygens (including phenoxy) is 1. The molecule has 1 aliphatic heterocycles. The summed E-state index contributed by atoms with van der Waals surface area (Å²) in [6, 6.07) is 9.34. The van der Waals surface area contributed by atoms with Crippen molar-refractivity contribution in [2.45, 2.75) is 100 Å². The molecule has 6 heteroatoms. The van der Waals surface area contributed by atoms with Gasteiger partial charge in [-0.3, -0.25) is 4.79 Å². The summed E-state index contributed by atoms with van der Waals surface area (Å²) in [4.78, 5) is 13.8. The van der Waals surface area contributed by atoms with Crippen LogP contribution in [-0.4, -0.2) is 43.4 Å². The van der Waals surface area contributed by atoms with Gasteiger partial charge in [-0.15, -0.1) is 0 Å². The van der Waals surface area contributed by atoms with E-state index < -0.39 is 14.8 Å². The van der Waals surface area contributed by atoms with Gasteiger partial charge >= 0.3 is 0 Å². The Kier molecular flexibility index (Phi) is 5.11. The van der Waals surface area contributed by atoms with E-state index in [0.29, 0.717) is 41.5 Å². The summed E-state index contributed by atoms with van der Waals surface area (Å²) in [5.74, 6) is 1.70. The van der Waals surface area contributed by atoms with Crippen molar-refractivity contribution in [3.8, 4) is 0 Å². The summed E-state index contributed by atoms with van der Waals surface area (Å²) in [5.41, 5.74) is -0.251. The molecule has 0 bridgehead atoms. The summed E-state index contributed by atoms with van der Waals surface area (Å²) in [6.07, 6.45) is 9.21. The highest BCUT2D eigenvalue weighted by molar-refractivity contribution is 7.92. The van der Waals surface area contributed by atoms with Crippen LogP contribution in [0.1, 0.15) is 78.1 Å². The smallest absolute Gasteiger partial charge is 0.222 e. The first kappa shape index (κ1) is 23.0. The molecule has 0 N–H and O–H groups in total. The van der Waals surface area contributed by atoms with Crippen molar-refractivity contribution in [1.29, 1.82) is 0 Å². The molecule has 2 unspecified atom stereocenters. The molecule has 5 fully saturated rings. The fourth-order valence-corrected chi connectivity index (χ4v) is 11.5. The zero-order valence-electron chi connectivity index (χ0n) is 20.8. The predicted octanol–water partition coefficient (Wildman–Crippen LogP) is 5.20. The Hall–Kier alpha value is -1.40. The second kappa shape index (κ2) is 7.55. The molecule has 1 amide bonds. The Balaban J connectivity index is 1.39. The Morgan fingerprint density at radius 3 is 2.32 bits per heavy atom. The van der Waals surface area contributed by atoms with Gasteiger partial charge in [0.25, 0.3) is 0 Å². The van der Waals surface area contributed by atoms with Crippen molar-refractivity contribution in [2.24, 2.45) is 28.6 Å². The summed E-state index contributed by atoms with van der Waals surface area (Å²) in [5, 5.41) is 0. The summed E-state index contributed by atoms with van der Waals surface area (Å²) in [7, 11) is -1.66. The lowest BCUT2D eigenvalue weighted by Gasteiger charge is -2.62. The fraction of sp³-hybridized carbons (Fsp3) is 0.750. The molecule has 34 heavy (non-hydrogen) atoms. The molecule has 1 heterocycles. The van der Waals surface area contributed by atoms with Crippen LogP contribution in [0.3, 0.4) is 0 Å². The number of amides is 1. The van der Waals surface area contributed by atoms with Crippen LogP contribution in [0.15, 0.2) is 35.2 Å². The molecular weight excluding hydrogens is 446 g/mol. The number of carbonyl (C=O) groups is 1. The average Bonchev–Trinajstić information content (AvgIpc) is 3.58. The van der Waals surface area contributed by atoms with Crippen LogP contribution in [0.5, 0.6) is 0 Å². The SMILES string of the molecule is CN1C(=O)CC[C@@]2(C)C1CC[C@@H]1[C@H]2CC[C@@]2(C)[C@H]1CCC2(OC1CC1)S(=O)(=O)c1ccccc1. The molecule has 1 aromatic carbocycles. The zero-order valence-corrected chi connectivity index (χ0v) is 21.6. The average molecular weight is 486 g/mol. The number of sulfone groups is 1. The van der Waals surface area contributed by atoms with Crippen molar-refractivity contribution < 1.29 is 17.9 Å². The molecule has 0 spiro atoms. The van der Waals surface area contributed by atoms with Crippen LogP contribution in [0.4, 0.5) is 0 Å². The van der Waals surface area contributed by atoms with Crippen LogP contribution < -0.4 is 0 Å². The van der Waals surface area contributed by atoms with Gasteiger partial charge in [0.2, 0.25) is 15.7 Å². The van der Waals surface area contributed by atoms with E-state index in [1.54, 1.807) is 12.1 Å². The molecule has 1 aromatic rings. The van der Waals surface area contributed by atoms with E-state index in [2.05, 4.69) is 13.8 Å². The van der Waals surface area contributed by atoms with Gasteiger partial charge in [-0.05, 0) is 93.1 Å². The molecule has 6 rings (SSSR count). The van der Waals surface area contributed by atoms with E-state index in [-0.39, 0.29) is 22.8 Å². The number of hydrogen-bond donors (Lipinski definition) is 0. The first-order chi connectivity index (χ1) is 16.1. The van der Waals surface area contributed by atoms with Gasteiger partial charge in [0.05, 0.1) is 11.0 Å². The van der Waals surface area contributed by atoms with E-state index in [1.165, 1.54) is 0 Å². The predicted molar refractivity (Wildman–Crippen MR) is 131 cm³/mol. The Morgan fingerprint density at radius 2 is 1.62 bits per heavy atom. The first-order valence-electron chi connectivity index (χ1n) is 13.4. The van der Waals surface area contributed by atoms with E-state index in [1.807, 2.05) is 30.1 Å². The van der Waals surface area contributed by atoms with Crippen molar-refractivity contribution in [3.05, 3.63) is 30.3 Å². The lowest BCUT2D eigenvalue weighted by Crippen LogP contribution is -2.63. The van der Waals surface area contributed by atoms with E-state index in [4.69, 9.17) is 4.74 Å². The number of hydrogen-bond acceptors (Lipinski definition) is 4. The van der Waals surface area contributed by atoms with Gasteiger partial charge < -0.3 is 9.64 Å². The van der Waals surface area contributed by atoms with Crippen LogP contribution in [0, 0.1) is 28.6 Å². The third kappa shape index (κ3) is 2.93. The minimum atomic E-state index is -3.65. The zero-order chi connectivity index (χ0) is 23.9. The van der Waals surface area contributed by atoms with Gasteiger partial charge in [-0.2, -0.15) is 0 Å². The van der Waals surface area contributed by atoms with Gasteiger partial charge in [0.1, 0.15) is 0 Å². The standard InChI is InChI=1S/C28H39NO4S/c1-26-16-15-25(30)29(3)24(26)12-11-21-22(26)13-17-27(2)23(21)14-18-28(27,33-19-9-10-19)34(31,32)20-7-5-4-6-8-20/h4-8,19,21-24H,9-18H2,1-3H3/t21-,22-,23+,24?,26-,27+,28?/m1/s1. The maximum Gasteiger partial charge on any atom is 0.222 e. The van der Waals surface area contributed by atoms with Gasteiger partial charge in [0.15, 0.2) is 4.93 Å². The fourth-order valence-electron chi connectivity index (χ4n) is 9.05. The third-order valence-corrected chi connectivity index (χ3v) is 13.5.